The largest absolute Gasteiger partial charge is 0.419 e. The van der Waals surface area contributed by atoms with Crippen LogP contribution in [0.25, 0.3) is 11.5 Å². The van der Waals surface area contributed by atoms with Crippen LogP contribution in [0, 0.1) is 10.1 Å². The zero-order valence-electron chi connectivity index (χ0n) is 15.3. The van der Waals surface area contributed by atoms with Crippen LogP contribution in [0.15, 0.2) is 47.1 Å². The first-order chi connectivity index (χ1) is 13.6. The molecule has 0 amide bonds. The maximum atomic E-state index is 10.8. The van der Waals surface area contributed by atoms with E-state index in [1.165, 1.54) is 12.1 Å². The molecule has 0 bridgehead atoms. The van der Waals surface area contributed by atoms with Gasteiger partial charge in [-0.25, -0.2) is 9.97 Å². The zero-order valence-corrected chi connectivity index (χ0v) is 15.3. The minimum atomic E-state index is -0.439. The molecule has 1 aromatic carbocycles. The van der Waals surface area contributed by atoms with Gasteiger partial charge in [0.05, 0.1) is 11.0 Å². The Labute approximate surface area is 161 Å². The number of piperazine rings is 1. The minimum Gasteiger partial charge on any atom is -0.419 e. The van der Waals surface area contributed by atoms with E-state index in [9.17, 15) is 10.1 Å². The smallest absolute Gasteiger partial charge is 0.269 e. The van der Waals surface area contributed by atoms with Crippen molar-refractivity contribution in [2.45, 2.75) is 13.0 Å². The number of benzene rings is 1. The third-order valence-corrected chi connectivity index (χ3v) is 4.82. The molecular weight excluding hydrogens is 362 g/mol. The van der Waals surface area contributed by atoms with Gasteiger partial charge in [0, 0.05) is 56.3 Å². The standard InChI is InChI=1S/C18H19N7O3/c1-13(23-9-11-24(12-10-23)18-19-7-2-8-20-18)16-21-22-17(28-16)14-3-5-15(6-4-14)25(26)27/h2-8,13H,9-12H2,1H3/t13-/m1/s1. The number of nitrogens with zero attached hydrogens (tertiary/aromatic N) is 7. The first-order valence-electron chi connectivity index (χ1n) is 8.96. The van der Waals surface area contributed by atoms with Crippen molar-refractivity contribution < 1.29 is 9.34 Å². The van der Waals surface area contributed by atoms with E-state index in [1.807, 2.05) is 6.92 Å². The molecule has 0 unspecified atom stereocenters. The van der Waals surface area contributed by atoms with Gasteiger partial charge < -0.3 is 9.32 Å². The lowest BCUT2D eigenvalue weighted by Gasteiger charge is -2.36. The summed E-state index contributed by atoms with van der Waals surface area (Å²) in [6.45, 7) is 5.32. The molecule has 0 saturated carbocycles. The highest BCUT2D eigenvalue weighted by molar-refractivity contribution is 5.55. The highest BCUT2D eigenvalue weighted by Crippen LogP contribution is 2.26. The molecule has 1 atom stereocenters. The van der Waals surface area contributed by atoms with E-state index in [0.717, 1.165) is 32.1 Å². The summed E-state index contributed by atoms with van der Waals surface area (Å²) in [5, 5.41) is 19.0. The molecule has 1 saturated heterocycles. The van der Waals surface area contributed by atoms with Gasteiger partial charge in [-0.05, 0) is 25.1 Å². The second-order valence-electron chi connectivity index (χ2n) is 6.50. The molecule has 1 fully saturated rings. The number of hydrogen-bond donors (Lipinski definition) is 0. The van der Waals surface area contributed by atoms with Crippen LogP contribution in [0.3, 0.4) is 0 Å². The second-order valence-corrected chi connectivity index (χ2v) is 6.50. The van der Waals surface area contributed by atoms with E-state index in [-0.39, 0.29) is 11.7 Å². The minimum absolute atomic E-state index is 0.0251. The Bertz CT molecular complexity index is 937. The van der Waals surface area contributed by atoms with Gasteiger partial charge in [-0.1, -0.05) is 0 Å². The van der Waals surface area contributed by atoms with Crippen molar-refractivity contribution in [1.29, 1.82) is 0 Å². The van der Waals surface area contributed by atoms with E-state index < -0.39 is 4.92 Å². The van der Waals surface area contributed by atoms with Crippen molar-refractivity contribution in [1.82, 2.24) is 25.1 Å². The number of non-ortho nitro benzene ring substituents is 1. The van der Waals surface area contributed by atoms with Gasteiger partial charge >= 0.3 is 0 Å². The van der Waals surface area contributed by atoms with Gasteiger partial charge in [0.15, 0.2) is 0 Å². The molecule has 1 aliphatic heterocycles. The molecule has 10 heteroatoms. The molecule has 0 N–H and O–H groups in total. The van der Waals surface area contributed by atoms with Gasteiger partial charge in [0.1, 0.15) is 0 Å². The summed E-state index contributed by atoms with van der Waals surface area (Å²) in [6.07, 6.45) is 3.49. The highest BCUT2D eigenvalue weighted by atomic mass is 16.6. The van der Waals surface area contributed by atoms with E-state index >= 15 is 0 Å². The Morgan fingerprint density at radius 1 is 1.07 bits per heavy atom. The molecule has 4 rings (SSSR count). The average molecular weight is 381 g/mol. The molecule has 10 nitrogen and oxygen atoms in total. The predicted molar refractivity (Wildman–Crippen MR) is 101 cm³/mol. The maximum Gasteiger partial charge on any atom is 0.269 e. The quantitative estimate of drug-likeness (QED) is 0.485. The van der Waals surface area contributed by atoms with E-state index in [4.69, 9.17) is 4.42 Å². The van der Waals surface area contributed by atoms with Crippen molar-refractivity contribution in [3.8, 4) is 11.5 Å². The van der Waals surface area contributed by atoms with E-state index in [2.05, 4.69) is 30.0 Å². The van der Waals surface area contributed by atoms with Gasteiger partial charge in [-0.3, -0.25) is 15.0 Å². The van der Waals surface area contributed by atoms with Crippen LogP contribution in [-0.2, 0) is 0 Å². The van der Waals surface area contributed by atoms with Crippen molar-refractivity contribution in [2.24, 2.45) is 0 Å². The van der Waals surface area contributed by atoms with E-state index in [1.54, 1.807) is 30.6 Å². The predicted octanol–water partition coefficient (Wildman–Crippen LogP) is 2.32. The van der Waals surface area contributed by atoms with Crippen LogP contribution in [0.4, 0.5) is 11.6 Å². The molecule has 0 aliphatic carbocycles. The van der Waals surface area contributed by atoms with Gasteiger partial charge in [0.2, 0.25) is 17.7 Å². The Kier molecular flexibility index (Phi) is 4.94. The number of anilines is 1. The molecular formula is C18H19N7O3. The summed E-state index contributed by atoms with van der Waals surface area (Å²) in [7, 11) is 0. The molecule has 144 valence electrons. The number of hydrogen-bond acceptors (Lipinski definition) is 9. The van der Waals surface area contributed by atoms with Crippen molar-refractivity contribution in [2.75, 3.05) is 31.1 Å². The van der Waals surface area contributed by atoms with E-state index in [0.29, 0.717) is 17.3 Å². The summed E-state index contributed by atoms with van der Waals surface area (Å²) >= 11 is 0. The van der Waals surface area contributed by atoms with Crippen molar-refractivity contribution in [3.63, 3.8) is 0 Å². The summed E-state index contributed by atoms with van der Waals surface area (Å²) in [5.41, 5.74) is 0.680. The molecule has 0 spiro atoms. The summed E-state index contributed by atoms with van der Waals surface area (Å²) in [6, 6.07) is 7.84. The van der Waals surface area contributed by atoms with Gasteiger partial charge in [-0.15, -0.1) is 10.2 Å². The monoisotopic (exact) mass is 381 g/mol. The van der Waals surface area contributed by atoms with Crippen molar-refractivity contribution >= 4 is 11.6 Å². The first kappa shape index (κ1) is 18.0. The Balaban J connectivity index is 1.41. The third kappa shape index (κ3) is 3.67. The van der Waals surface area contributed by atoms with Crippen LogP contribution in [0.5, 0.6) is 0 Å². The zero-order chi connectivity index (χ0) is 19.5. The number of rotatable bonds is 5. The molecule has 3 heterocycles. The van der Waals surface area contributed by atoms with Gasteiger partial charge in [-0.2, -0.15) is 0 Å². The lowest BCUT2D eigenvalue weighted by Crippen LogP contribution is -2.47. The summed E-state index contributed by atoms with van der Waals surface area (Å²) in [5.74, 6) is 1.62. The number of aromatic nitrogens is 4. The Morgan fingerprint density at radius 2 is 1.75 bits per heavy atom. The highest BCUT2D eigenvalue weighted by Gasteiger charge is 2.26. The van der Waals surface area contributed by atoms with Crippen LogP contribution >= 0.6 is 0 Å². The SMILES string of the molecule is C[C@H](c1nnc(-c2ccc([N+](=O)[O-])cc2)o1)N1CCN(c2ncccn2)CC1. The normalized spacial score (nSPS) is 16.1. The Hall–Kier alpha value is -3.40. The number of nitro benzene ring substituents is 1. The fraction of sp³-hybridized carbons (Fsp3) is 0.333. The van der Waals surface area contributed by atoms with Crippen LogP contribution in [-0.4, -0.2) is 56.2 Å². The molecule has 0 radical (unpaired) electrons. The topological polar surface area (TPSA) is 114 Å². The summed E-state index contributed by atoms with van der Waals surface area (Å²) in [4.78, 5) is 23.3. The molecule has 1 aliphatic rings. The fourth-order valence-electron chi connectivity index (χ4n) is 3.17. The lowest BCUT2D eigenvalue weighted by atomic mass is 10.2. The molecule has 28 heavy (non-hydrogen) atoms. The fourth-order valence-corrected chi connectivity index (χ4v) is 3.17. The van der Waals surface area contributed by atoms with Crippen LogP contribution in [0.1, 0.15) is 18.9 Å². The van der Waals surface area contributed by atoms with Crippen LogP contribution in [0.2, 0.25) is 0 Å². The Morgan fingerprint density at radius 3 is 2.39 bits per heavy atom. The second kappa shape index (κ2) is 7.69. The first-order valence-corrected chi connectivity index (χ1v) is 8.96. The molecule has 3 aromatic rings. The lowest BCUT2D eigenvalue weighted by molar-refractivity contribution is -0.384. The van der Waals surface area contributed by atoms with Crippen molar-refractivity contribution in [3.05, 3.63) is 58.7 Å². The number of nitro groups is 1. The molecule has 2 aromatic heterocycles. The van der Waals surface area contributed by atoms with Crippen LogP contribution < -0.4 is 4.90 Å². The third-order valence-electron chi connectivity index (χ3n) is 4.82. The summed E-state index contributed by atoms with van der Waals surface area (Å²) < 4.78 is 5.82. The average Bonchev–Trinajstić information content (AvgIpc) is 3.24. The maximum absolute atomic E-state index is 10.8. The van der Waals surface area contributed by atoms with Gasteiger partial charge in [0.25, 0.3) is 5.69 Å².